The monoisotopic (exact) mass is 250 g/mol. The highest BCUT2D eigenvalue weighted by Gasteiger charge is 2.05. The first-order chi connectivity index (χ1) is 9.29. The van der Waals surface area contributed by atoms with Gasteiger partial charge in [0, 0.05) is 0 Å². The average Bonchev–Trinajstić information content (AvgIpc) is 2.46. The molecule has 0 heterocycles. The number of rotatable bonds is 4. The van der Waals surface area contributed by atoms with Gasteiger partial charge in [-0.2, -0.15) is 5.26 Å². The molecule has 0 aliphatic carbocycles. The quantitative estimate of drug-likeness (QED) is 0.817. The summed E-state index contributed by atoms with van der Waals surface area (Å²) in [5, 5.41) is 21.7. The Morgan fingerprint density at radius 2 is 1.74 bits per heavy atom. The Morgan fingerprint density at radius 1 is 1.05 bits per heavy atom. The number of nitrogens with zero attached hydrogens (tertiary/aromatic N) is 1. The fraction of sp³-hybridized carbons (Fsp3) is 0.0625. The van der Waals surface area contributed by atoms with Crippen molar-refractivity contribution in [1.82, 2.24) is 0 Å². The van der Waals surface area contributed by atoms with E-state index in [0.717, 1.165) is 5.56 Å². The summed E-state index contributed by atoms with van der Waals surface area (Å²) in [4.78, 5) is 0. The van der Waals surface area contributed by atoms with Crippen molar-refractivity contribution in [2.24, 2.45) is 0 Å². The minimum absolute atomic E-state index is 0.135. The predicted molar refractivity (Wildman–Crippen MR) is 76.6 cm³/mol. The molecule has 19 heavy (non-hydrogen) atoms. The summed E-state index contributed by atoms with van der Waals surface area (Å²) in [6, 6.07) is 18.3. The largest absolute Gasteiger partial charge is 0.506 e. The van der Waals surface area contributed by atoms with Gasteiger partial charge >= 0.3 is 0 Å². The summed E-state index contributed by atoms with van der Waals surface area (Å²) in [7, 11) is 0. The normalized spacial score (nSPS) is 11.9. The Balaban J connectivity index is 2.08. The van der Waals surface area contributed by atoms with Gasteiger partial charge in [-0.15, -0.1) is 0 Å². The molecule has 3 heteroatoms. The fourth-order valence-corrected chi connectivity index (χ4v) is 1.66. The molecule has 3 nitrogen and oxygen atoms in total. The Hall–Kier alpha value is -2.73. The van der Waals surface area contributed by atoms with E-state index in [4.69, 9.17) is 5.26 Å². The van der Waals surface area contributed by atoms with Crippen LogP contribution < -0.4 is 5.32 Å². The number of para-hydroxylation sites is 2. The summed E-state index contributed by atoms with van der Waals surface area (Å²) in [6.07, 6.45) is 3.64. The van der Waals surface area contributed by atoms with E-state index in [1.807, 2.05) is 36.4 Å². The standard InChI is InChI=1S/C16H14N2O/c17-12-14(11-10-13-6-2-1-3-7-13)18-15-8-4-5-9-16(15)19/h1-11,14,18-19H/b11-10+. The van der Waals surface area contributed by atoms with E-state index >= 15 is 0 Å². The fourth-order valence-electron chi connectivity index (χ4n) is 1.66. The predicted octanol–water partition coefficient (Wildman–Crippen LogP) is 3.41. The van der Waals surface area contributed by atoms with Crippen LogP contribution in [-0.4, -0.2) is 11.1 Å². The SMILES string of the molecule is N#CC(/C=C/c1ccccc1)Nc1ccccc1O. The third kappa shape index (κ3) is 3.62. The first kappa shape index (κ1) is 12.7. The van der Waals surface area contributed by atoms with Crippen LogP contribution in [0.15, 0.2) is 60.7 Å². The van der Waals surface area contributed by atoms with Crippen molar-refractivity contribution in [3.8, 4) is 11.8 Å². The average molecular weight is 250 g/mol. The van der Waals surface area contributed by atoms with Crippen LogP contribution in [0.3, 0.4) is 0 Å². The molecule has 0 fully saturated rings. The minimum Gasteiger partial charge on any atom is -0.506 e. The number of phenolic OH excluding ortho intramolecular Hbond substituents is 1. The van der Waals surface area contributed by atoms with E-state index in [9.17, 15) is 5.11 Å². The third-order valence-electron chi connectivity index (χ3n) is 2.63. The molecule has 1 unspecified atom stereocenters. The van der Waals surface area contributed by atoms with Crippen LogP contribution in [0, 0.1) is 11.3 Å². The van der Waals surface area contributed by atoms with Gasteiger partial charge in [-0.3, -0.25) is 0 Å². The Bertz CT molecular complexity index is 600. The molecule has 0 saturated heterocycles. The van der Waals surface area contributed by atoms with E-state index in [1.54, 1.807) is 30.3 Å². The second-order valence-corrected chi connectivity index (χ2v) is 4.04. The van der Waals surface area contributed by atoms with Crippen LogP contribution in [-0.2, 0) is 0 Å². The van der Waals surface area contributed by atoms with Gasteiger partial charge in [-0.05, 0) is 23.8 Å². The molecule has 94 valence electrons. The molecule has 0 aliphatic heterocycles. The molecule has 1 atom stereocenters. The molecule has 0 aromatic heterocycles. The maximum absolute atomic E-state index is 9.64. The van der Waals surface area contributed by atoms with Gasteiger partial charge in [0.2, 0.25) is 0 Å². The van der Waals surface area contributed by atoms with Crippen LogP contribution in [0.25, 0.3) is 6.08 Å². The van der Waals surface area contributed by atoms with Crippen molar-refractivity contribution in [3.05, 3.63) is 66.2 Å². The lowest BCUT2D eigenvalue weighted by Gasteiger charge is -2.10. The summed E-state index contributed by atoms with van der Waals surface area (Å²) < 4.78 is 0. The molecule has 2 N–H and O–H groups in total. The number of nitriles is 1. The molecule has 2 aromatic carbocycles. The number of hydrogen-bond donors (Lipinski definition) is 2. The van der Waals surface area contributed by atoms with Gasteiger partial charge in [0.25, 0.3) is 0 Å². The van der Waals surface area contributed by atoms with Gasteiger partial charge < -0.3 is 10.4 Å². The third-order valence-corrected chi connectivity index (χ3v) is 2.63. The van der Waals surface area contributed by atoms with Crippen molar-refractivity contribution >= 4 is 11.8 Å². The van der Waals surface area contributed by atoms with Gasteiger partial charge in [-0.1, -0.05) is 48.5 Å². The van der Waals surface area contributed by atoms with Gasteiger partial charge in [0.15, 0.2) is 0 Å². The molecule has 2 rings (SSSR count). The molecule has 0 amide bonds. The molecule has 2 aromatic rings. The summed E-state index contributed by atoms with van der Waals surface area (Å²) in [5.74, 6) is 0.135. The maximum atomic E-state index is 9.64. The van der Waals surface area contributed by atoms with E-state index < -0.39 is 6.04 Å². The zero-order chi connectivity index (χ0) is 13.5. The smallest absolute Gasteiger partial charge is 0.138 e. The van der Waals surface area contributed by atoms with Gasteiger partial charge in [0.1, 0.15) is 11.8 Å². The summed E-state index contributed by atoms with van der Waals surface area (Å²) in [6.45, 7) is 0. The van der Waals surface area contributed by atoms with Crippen LogP contribution >= 0.6 is 0 Å². The number of nitrogens with one attached hydrogen (secondary N) is 1. The molecule has 0 aliphatic rings. The second kappa shape index (κ2) is 6.27. The molecular weight excluding hydrogens is 236 g/mol. The van der Waals surface area contributed by atoms with E-state index in [0.29, 0.717) is 5.69 Å². The Morgan fingerprint density at radius 3 is 2.42 bits per heavy atom. The minimum atomic E-state index is -0.492. The lowest BCUT2D eigenvalue weighted by Crippen LogP contribution is -2.13. The second-order valence-electron chi connectivity index (χ2n) is 4.04. The highest BCUT2D eigenvalue weighted by atomic mass is 16.3. The van der Waals surface area contributed by atoms with Gasteiger partial charge in [0.05, 0.1) is 11.8 Å². The first-order valence-corrected chi connectivity index (χ1v) is 5.97. The van der Waals surface area contributed by atoms with Crippen LogP contribution in [0.1, 0.15) is 5.56 Å². The van der Waals surface area contributed by atoms with Crippen LogP contribution in [0.5, 0.6) is 5.75 Å². The molecular formula is C16H14N2O. The molecule has 0 spiro atoms. The molecule has 0 saturated carbocycles. The Labute approximate surface area is 112 Å². The first-order valence-electron chi connectivity index (χ1n) is 5.97. The zero-order valence-corrected chi connectivity index (χ0v) is 10.3. The number of benzene rings is 2. The summed E-state index contributed by atoms with van der Waals surface area (Å²) >= 11 is 0. The lowest BCUT2D eigenvalue weighted by molar-refractivity contribution is 0.477. The summed E-state index contributed by atoms with van der Waals surface area (Å²) in [5.41, 5.74) is 1.58. The topological polar surface area (TPSA) is 56.0 Å². The highest BCUT2D eigenvalue weighted by Crippen LogP contribution is 2.22. The number of hydrogen-bond acceptors (Lipinski definition) is 3. The number of phenols is 1. The lowest BCUT2D eigenvalue weighted by atomic mass is 10.1. The zero-order valence-electron chi connectivity index (χ0n) is 10.3. The van der Waals surface area contributed by atoms with Crippen LogP contribution in [0.2, 0.25) is 0 Å². The van der Waals surface area contributed by atoms with Gasteiger partial charge in [-0.25, -0.2) is 0 Å². The molecule has 0 bridgehead atoms. The highest BCUT2D eigenvalue weighted by molar-refractivity contribution is 5.59. The molecule has 0 radical (unpaired) electrons. The Kier molecular flexibility index (Phi) is 4.20. The van der Waals surface area contributed by atoms with E-state index in [2.05, 4.69) is 11.4 Å². The number of aromatic hydroxyl groups is 1. The van der Waals surface area contributed by atoms with Crippen molar-refractivity contribution in [3.63, 3.8) is 0 Å². The number of anilines is 1. The van der Waals surface area contributed by atoms with Crippen molar-refractivity contribution in [2.75, 3.05) is 5.32 Å². The maximum Gasteiger partial charge on any atom is 0.138 e. The van der Waals surface area contributed by atoms with Crippen molar-refractivity contribution < 1.29 is 5.11 Å². The van der Waals surface area contributed by atoms with Crippen LogP contribution in [0.4, 0.5) is 5.69 Å². The van der Waals surface area contributed by atoms with E-state index in [-0.39, 0.29) is 5.75 Å². The van der Waals surface area contributed by atoms with Crippen molar-refractivity contribution in [2.45, 2.75) is 6.04 Å². The van der Waals surface area contributed by atoms with E-state index in [1.165, 1.54) is 0 Å². The van der Waals surface area contributed by atoms with Crippen molar-refractivity contribution in [1.29, 1.82) is 5.26 Å².